The van der Waals surface area contributed by atoms with E-state index in [9.17, 15) is 9.59 Å². The molecule has 1 aliphatic heterocycles. The minimum Gasteiger partial charge on any atom is -0.326 e. The molecule has 0 bridgehead atoms. The van der Waals surface area contributed by atoms with E-state index in [1.807, 2.05) is 48.2 Å². The van der Waals surface area contributed by atoms with Gasteiger partial charge in [-0.25, -0.2) is 4.68 Å². The van der Waals surface area contributed by atoms with Gasteiger partial charge in [0.1, 0.15) is 0 Å². The number of fused-ring (bicyclic) bond motifs is 2. The zero-order valence-electron chi connectivity index (χ0n) is 17.3. The van der Waals surface area contributed by atoms with E-state index >= 15 is 0 Å². The highest BCUT2D eigenvalue weighted by Gasteiger charge is 2.34. The molecule has 31 heavy (non-hydrogen) atoms. The van der Waals surface area contributed by atoms with Gasteiger partial charge >= 0.3 is 0 Å². The summed E-state index contributed by atoms with van der Waals surface area (Å²) in [6.45, 7) is 3.11. The second-order valence-electron chi connectivity index (χ2n) is 7.78. The van der Waals surface area contributed by atoms with Crippen LogP contribution in [0.1, 0.15) is 45.9 Å². The number of carbonyl (C=O) groups excluding carboxylic acids is 1. The molecule has 1 atom stereocenters. The van der Waals surface area contributed by atoms with Crippen molar-refractivity contribution in [1.82, 2.24) is 14.7 Å². The molecule has 0 N–H and O–H groups in total. The van der Waals surface area contributed by atoms with Crippen LogP contribution in [0, 0.1) is 0 Å². The molecule has 0 saturated heterocycles. The molecule has 0 unspecified atom stereocenters. The van der Waals surface area contributed by atoms with E-state index in [4.69, 9.17) is 0 Å². The molecule has 0 fully saturated rings. The summed E-state index contributed by atoms with van der Waals surface area (Å²) in [5, 5.41) is 7.81. The standard InChI is InChI=1S/C25H23N3O2S/c1-2-14-28-24(29)19-11-7-6-10-18(19)22(26-28)25(30)27-15-12-21-20(13-16-31-21)23(27)17-8-4-3-5-9-17/h3-11,13,16,23H,2,12,14-15H2,1H3/t23-/m0/s1. The minimum absolute atomic E-state index is 0.133. The van der Waals surface area contributed by atoms with Crippen molar-refractivity contribution in [2.45, 2.75) is 32.4 Å². The van der Waals surface area contributed by atoms with Crippen LogP contribution in [0.15, 0.2) is 70.8 Å². The predicted octanol–water partition coefficient (Wildman–Crippen LogP) is 4.66. The van der Waals surface area contributed by atoms with E-state index in [1.165, 1.54) is 15.1 Å². The number of hydrogen-bond donors (Lipinski definition) is 0. The van der Waals surface area contributed by atoms with Gasteiger partial charge in [-0.15, -0.1) is 11.3 Å². The van der Waals surface area contributed by atoms with Gasteiger partial charge in [0, 0.05) is 23.4 Å². The Hall–Kier alpha value is -3.25. The van der Waals surface area contributed by atoms with Crippen molar-refractivity contribution in [2.75, 3.05) is 6.54 Å². The van der Waals surface area contributed by atoms with Gasteiger partial charge in [0.25, 0.3) is 11.5 Å². The summed E-state index contributed by atoms with van der Waals surface area (Å²) in [7, 11) is 0. The van der Waals surface area contributed by atoms with Crippen molar-refractivity contribution in [3.63, 3.8) is 0 Å². The average Bonchev–Trinajstić information content (AvgIpc) is 3.29. The van der Waals surface area contributed by atoms with Crippen molar-refractivity contribution in [3.05, 3.63) is 98.1 Å². The molecular weight excluding hydrogens is 406 g/mol. The summed E-state index contributed by atoms with van der Waals surface area (Å²) in [4.78, 5) is 30.1. The fraction of sp³-hybridized carbons (Fsp3) is 0.240. The molecule has 0 radical (unpaired) electrons. The van der Waals surface area contributed by atoms with Gasteiger partial charge in [-0.05, 0) is 41.5 Å². The number of amides is 1. The van der Waals surface area contributed by atoms with Gasteiger partial charge in [0.05, 0.1) is 11.4 Å². The fourth-order valence-electron chi connectivity index (χ4n) is 4.42. The van der Waals surface area contributed by atoms with Gasteiger partial charge in [-0.3, -0.25) is 9.59 Å². The van der Waals surface area contributed by atoms with Crippen LogP contribution < -0.4 is 5.56 Å². The minimum atomic E-state index is -0.157. The van der Waals surface area contributed by atoms with Crippen LogP contribution in [-0.2, 0) is 13.0 Å². The van der Waals surface area contributed by atoms with Gasteiger partial charge in [-0.1, -0.05) is 55.5 Å². The van der Waals surface area contributed by atoms with Crippen LogP contribution in [0.3, 0.4) is 0 Å². The van der Waals surface area contributed by atoms with Crippen LogP contribution in [0.5, 0.6) is 0 Å². The van der Waals surface area contributed by atoms with E-state index < -0.39 is 0 Å². The van der Waals surface area contributed by atoms with Crippen molar-refractivity contribution in [3.8, 4) is 0 Å². The third-order valence-corrected chi connectivity index (χ3v) is 6.84. The highest BCUT2D eigenvalue weighted by atomic mass is 32.1. The van der Waals surface area contributed by atoms with E-state index in [1.54, 1.807) is 17.4 Å². The Bertz CT molecular complexity index is 1310. The largest absolute Gasteiger partial charge is 0.326 e. The molecule has 5 nitrogen and oxygen atoms in total. The molecule has 0 saturated carbocycles. The lowest BCUT2D eigenvalue weighted by Crippen LogP contribution is -2.41. The number of aryl methyl sites for hydroxylation is 1. The number of rotatable bonds is 4. The summed E-state index contributed by atoms with van der Waals surface area (Å²) in [5.74, 6) is -0.133. The van der Waals surface area contributed by atoms with Gasteiger partial charge in [0.2, 0.25) is 0 Å². The molecule has 1 aliphatic rings. The first kappa shape index (κ1) is 19.7. The van der Waals surface area contributed by atoms with Crippen molar-refractivity contribution in [2.24, 2.45) is 0 Å². The molecule has 0 spiro atoms. The molecule has 3 heterocycles. The van der Waals surface area contributed by atoms with Crippen LogP contribution in [-0.4, -0.2) is 27.1 Å². The Morgan fingerprint density at radius 2 is 1.81 bits per heavy atom. The molecular formula is C25H23N3O2S. The Morgan fingerprint density at radius 1 is 1.06 bits per heavy atom. The summed E-state index contributed by atoms with van der Waals surface area (Å²) >= 11 is 1.75. The lowest BCUT2D eigenvalue weighted by atomic mass is 9.92. The molecule has 6 heteroatoms. The number of thiophene rings is 1. The highest BCUT2D eigenvalue weighted by molar-refractivity contribution is 7.10. The molecule has 2 aromatic carbocycles. The summed E-state index contributed by atoms with van der Waals surface area (Å²) < 4.78 is 1.44. The van der Waals surface area contributed by atoms with Crippen molar-refractivity contribution < 1.29 is 4.79 Å². The Labute approximate surface area is 184 Å². The zero-order valence-corrected chi connectivity index (χ0v) is 18.1. The zero-order chi connectivity index (χ0) is 21.4. The van der Waals surface area contributed by atoms with Crippen LogP contribution in [0.2, 0.25) is 0 Å². The lowest BCUT2D eigenvalue weighted by molar-refractivity contribution is 0.0689. The first-order valence-electron chi connectivity index (χ1n) is 10.6. The molecule has 4 aromatic rings. The van der Waals surface area contributed by atoms with E-state index in [-0.39, 0.29) is 17.5 Å². The van der Waals surface area contributed by atoms with Crippen molar-refractivity contribution in [1.29, 1.82) is 0 Å². The normalized spacial score (nSPS) is 15.8. The summed E-state index contributed by atoms with van der Waals surface area (Å²) in [6, 6.07) is 19.4. The molecule has 1 amide bonds. The maximum absolute atomic E-state index is 13.9. The fourth-order valence-corrected chi connectivity index (χ4v) is 5.33. The van der Waals surface area contributed by atoms with Crippen LogP contribution >= 0.6 is 11.3 Å². The molecule has 2 aromatic heterocycles. The first-order chi connectivity index (χ1) is 15.2. The number of benzene rings is 2. The van der Waals surface area contributed by atoms with Crippen LogP contribution in [0.25, 0.3) is 10.8 Å². The maximum atomic E-state index is 13.9. The highest BCUT2D eigenvalue weighted by Crippen LogP contribution is 2.38. The van der Waals surface area contributed by atoms with Gasteiger partial charge in [-0.2, -0.15) is 5.10 Å². The average molecular weight is 430 g/mol. The Morgan fingerprint density at radius 3 is 2.58 bits per heavy atom. The van der Waals surface area contributed by atoms with E-state index in [2.05, 4.69) is 28.7 Å². The summed E-state index contributed by atoms with van der Waals surface area (Å²) in [6.07, 6.45) is 1.60. The van der Waals surface area contributed by atoms with Gasteiger partial charge < -0.3 is 4.90 Å². The second kappa shape index (κ2) is 8.12. The first-order valence-corrected chi connectivity index (χ1v) is 11.5. The van der Waals surface area contributed by atoms with Gasteiger partial charge in [0.15, 0.2) is 5.69 Å². The van der Waals surface area contributed by atoms with E-state index in [0.717, 1.165) is 18.4 Å². The quantitative estimate of drug-likeness (QED) is 0.474. The topological polar surface area (TPSA) is 55.2 Å². The third-order valence-electron chi connectivity index (χ3n) is 5.85. The Kier molecular flexibility index (Phi) is 5.16. The molecule has 5 rings (SSSR count). The number of carbonyl (C=O) groups is 1. The SMILES string of the molecule is CCCn1nc(C(=O)N2CCc3sccc3[C@@H]2c2ccccc2)c2ccccc2c1=O. The lowest BCUT2D eigenvalue weighted by Gasteiger charge is -2.36. The third kappa shape index (κ3) is 3.37. The maximum Gasteiger partial charge on any atom is 0.275 e. The van der Waals surface area contributed by atoms with Crippen LogP contribution in [0.4, 0.5) is 0 Å². The summed E-state index contributed by atoms with van der Waals surface area (Å²) in [5.41, 5.74) is 2.47. The molecule has 156 valence electrons. The number of hydrogen-bond acceptors (Lipinski definition) is 4. The predicted molar refractivity (Wildman–Crippen MR) is 124 cm³/mol. The second-order valence-corrected chi connectivity index (χ2v) is 8.78. The smallest absolute Gasteiger partial charge is 0.275 e. The molecule has 0 aliphatic carbocycles. The van der Waals surface area contributed by atoms with E-state index in [0.29, 0.717) is 29.6 Å². The monoisotopic (exact) mass is 429 g/mol. The van der Waals surface area contributed by atoms with Crippen molar-refractivity contribution >= 4 is 28.0 Å². The Balaban J connectivity index is 1.67. The number of aromatic nitrogens is 2. The number of nitrogens with zero attached hydrogens (tertiary/aromatic N) is 3.